The van der Waals surface area contributed by atoms with Crippen LogP contribution < -0.4 is 0 Å². The third-order valence-corrected chi connectivity index (χ3v) is 2.59. The summed E-state index contributed by atoms with van der Waals surface area (Å²) in [7, 11) is 2.17. The Hall–Kier alpha value is 0.270. The van der Waals surface area contributed by atoms with Crippen LogP contribution in [0.3, 0.4) is 0 Å². The topological polar surface area (TPSA) is 12.5 Å². The minimum absolute atomic E-state index is 0.851. The Labute approximate surface area is 80.7 Å². The molecule has 0 atom stereocenters. The van der Waals surface area contributed by atoms with E-state index in [-0.39, 0.29) is 0 Å². The first-order chi connectivity index (χ1) is 5.83. The van der Waals surface area contributed by atoms with E-state index in [4.69, 9.17) is 4.74 Å². The van der Waals surface area contributed by atoms with Gasteiger partial charge in [0.15, 0.2) is 0 Å². The number of rotatable bonds is 4. The summed E-state index contributed by atoms with van der Waals surface area (Å²) in [6.07, 6.45) is 2.47. The molecule has 0 unspecified atom stereocenters. The van der Waals surface area contributed by atoms with Gasteiger partial charge in [-0.2, -0.15) is 12.6 Å². The Bertz CT molecular complexity index is 115. The van der Waals surface area contributed by atoms with Crippen LogP contribution in [0.1, 0.15) is 12.8 Å². The number of hydrogen-bond donors (Lipinski definition) is 1. The van der Waals surface area contributed by atoms with E-state index in [0.29, 0.717) is 0 Å². The zero-order valence-corrected chi connectivity index (χ0v) is 8.72. The average molecular weight is 189 g/mol. The fraction of sp³-hybridized carbons (Fsp3) is 1.00. The molecule has 0 amide bonds. The van der Waals surface area contributed by atoms with Gasteiger partial charge in [0.2, 0.25) is 0 Å². The highest BCUT2D eigenvalue weighted by atomic mass is 32.1. The molecule has 0 radical (unpaired) electrons. The minimum Gasteiger partial charge on any atom is -0.381 e. The lowest BCUT2D eigenvalue weighted by molar-refractivity contribution is 0.0564. The van der Waals surface area contributed by atoms with Gasteiger partial charge >= 0.3 is 0 Å². The van der Waals surface area contributed by atoms with Crippen LogP contribution in [-0.4, -0.2) is 44.0 Å². The maximum atomic E-state index is 5.31. The second kappa shape index (κ2) is 5.84. The lowest BCUT2D eigenvalue weighted by Gasteiger charge is -2.26. The van der Waals surface area contributed by atoms with E-state index >= 15 is 0 Å². The number of nitrogens with zero attached hydrogens (tertiary/aromatic N) is 1. The van der Waals surface area contributed by atoms with E-state index in [1.165, 1.54) is 19.4 Å². The summed E-state index contributed by atoms with van der Waals surface area (Å²) in [6.45, 7) is 4.23. The molecule has 0 spiro atoms. The van der Waals surface area contributed by atoms with Crippen LogP contribution in [0.25, 0.3) is 0 Å². The molecule has 2 nitrogen and oxygen atoms in total. The molecule has 1 aliphatic heterocycles. The van der Waals surface area contributed by atoms with Gasteiger partial charge in [-0.05, 0) is 25.8 Å². The van der Waals surface area contributed by atoms with E-state index in [1.807, 2.05) is 0 Å². The van der Waals surface area contributed by atoms with Gasteiger partial charge < -0.3 is 9.64 Å². The van der Waals surface area contributed by atoms with Crippen LogP contribution in [0.2, 0.25) is 0 Å². The summed E-state index contributed by atoms with van der Waals surface area (Å²) in [5.41, 5.74) is 0. The summed E-state index contributed by atoms with van der Waals surface area (Å²) >= 11 is 4.21. The van der Waals surface area contributed by atoms with Crippen LogP contribution in [0.5, 0.6) is 0 Å². The van der Waals surface area contributed by atoms with E-state index in [1.54, 1.807) is 0 Å². The molecule has 0 aromatic heterocycles. The first kappa shape index (κ1) is 10.4. The fourth-order valence-electron chi connectivity index (χ4n) is 1.63. The Morgan fingerprint density at radius 3 is 2.67 bits per heavy atom. The first-order valence-corrected chi connectivity index (χ1v) is 5.33. The van der Waals surface area contributed by atoms with Crippen molar-refractivity contribution in [1.82, 2.24) is 4.90 Å². The van der Waals surface area contributed by atoms with Crippen molar-refractivity contribution in [3.63, 3.8) is 0 Å². The van der Waals surface area contributed by atoms with Gasteiger partial charge in [-0.25, -0.2) is 0 Å². The van der Waals surface area contributed by atoms with Gasteiger partial charge in [0, 0.05) is 32.1 Å². The van der Waals surface area contributed by atoms with Crippen LogP contribution in [0, 0.1) is 5.92 Å². The van der Waals surface area contributed by atoms with Crippen molar-refractivity contribution in [3.8, 4) is 0 Å². The molecule has 0 N–H and O–H groups in total. The summed E-state index contributed by atoms with van der Waals surface area (Å²) in [5.74, 6) is 1.81. The van der Waals surface area contributed by atoms with Gasteiger partial charge in [-0.1, -0.05) is 0 Å². The Morgan fingerprint density at radius 1 is 1.42 bits per heavy atom. The molecule has 0 aliphatic carbocycles. The average Bonchev–Trinajstić information content (AvgIpc) is 2.06. The Kier molecular flexibility index (Phi) is 5.04. The maximum Gasteiger partial charge on any atom is 0.0469 e. The third-order valence-electron chi connectivity index (χ3n) is 2.39. The smallest absolute Gasteiger partial charge is 0.0469 e. The molecule has 1 saturated heterocycles. The molecule has 1 heterocycles. The van der Waals surface area contributed by atoms with Crippen molar-refractivity contribution < 1.29 is 4.74 Å². The summed E-state index contributed by atoms with van der Waals surface area (Å²) in [6, 6.07) is 0. The number of ether oxygens (including phenoxy) is 1. The molecule has 1 rings (SSSR count). The monoisotopic (exact) mass is 189 g/mol. The van der Waals surface area contributed by atoms with E-state index < -0.39 is 0 Å². The molecule has 72 valence electrons. The standard InChI is InChI=1S/C9H19NOS/c1-10(4-7-12)8-9-2-5-11-6-3-9/h9,12H,2-8H2,1H3. The van der Waals surface area contributed by atoms with Gasteiger partial charge in [-0.3, -0.25) is 0 Å². The van der Waals surface area contributed by atoms with Crippen molar-refractivity contribution in [1.29, 1.82) is 0 Å². The van der Waals surface area contributed by atoms with Crippen LogP contribution in [0.15, 0.2) is 0 Å². The van der Waals surface area contributed by atoms with Crippen LogP contribution in [0.4, 0.5) is 0 Å². The van der Waals surface area contributed by atoms with E-state index in [9.17, 15) is 0 Å². The largest absolute Gasteiger partial charge is 0.381 e. The number of hydrogen-bond acceptors (Lipinski definition) is 3. The molecule has 0 saturated carbocycles. The summed E-state index contributed by atoms with van der Waals surface area (Å²) < 4.78 is 5.31. The molecule has 0 aromatic carbocycles. The van der Waals surface area contributed by atoms with Crippen molar-refractivity contribution in [2.75, 3.05) is 39.1 Å². The highest BCUT2D eigenvalue weighted by molar-refractivity contribution is 7.80. The lowest BCUT2D eigenvalue weighted by atomic mass is 10.00. The van der Waals surface area contributed by atoms with E-state index in [0.717, 1.165) is 31.4 Å². The molecule has 1 aliphatic rings. The predicted molar refractivity (Wildman–Crippen MR) is 54.9 cm³/mol. The summed E-state index contributed by atoms with van der Waals surface area (Å²) in [5, 5.41) is 0. The second-order valence-electron chi connectivity index (χ2n) is 3.54. The lowest BCUT2D eigenvalue weighted by Crippen LogP contribution is -2.30. The van der Waals surface area contributed by atoms with Crippen LogP contribution in [-0.2, 0) is 4.74 Å². The highest BCUT2D eigenvalue weighted by Gasteiger charge is 2.14. The molecule has 3 heteroatoms. The van der Waals surface area contributed by atoms with E-state index in [2.05, 4.69) is 24.6 Å². The summed E-state index contributed by atoms with van der Waals surface area (Å²) in [4.78, 5) is 2.36. The highest BCUT2D eigenvalue weighted by Crippen LogP contribution is 2.15. The van der Waals surface area contributed by atoms with Gasteiger partial charge in [0.1, 0.15) is 0 Å². The quantitative estimate of drug-likeness (QED) is 0.669. The fourth-order valence-corrected chi connectivity index (χ4v) is 1.97. The molecule has 0 aromatic rings. The van der Waals surface area contributed by atoms with Gasteiger partial charge in [0.05, 0.1) is 0 Å². The van der Waals surface area contributed by atoms with Gasteiger partial charge in [-0.15, -0.1) is 0 Å². The number of thiol groups is 1. The second-order valence-corrected chi connectivity index (χ2v) is 3.99. The molecular formula is C9H19NOS. The molecule has 1 fully saturated rings. The minimum atomic E-state index is 0.851. The SMILES string of the molecule is CN(CCS)CC1CCOCC1. The first-order valence-electron chi connectivity index (χ1n) is 4.70. The molecule has 12 heavy (non-hydrogen) atoms. The normalized spacial score (nSPS) is 20.2. The molecule has 0 bridgehead atoms. The van der Waals surface area contributed by atoms with Crippen molar-refractivity contribution in [2.45, 2.75) is 12.8 Å². The van der Waals surface area contributed by atoms with Gasteiger partial charge in [0.25, 0.3) is 0 Å². The molecular weight excluding hydrogens is 170 g/mol. The Balaban J connectivity index is 2.11. The van der Waals surface area contributed by atoms with Crippen molar-refractivity contribution >= 4 is 12.6 Å². The third kappa shape index (κ3) is 3.78. The zero-order chi connectivity index (χ0) is 8.81. The maximum absolute atomic E-state index is 5.31. The predicted octanol–water partition coefficient (Wildman–Crippen LogP) is 1.27. The van der Waals surface area contributed by atoms with Crippen LogP contribution >= 0.6 is 12.6 Å². The Morgan fingerprint density at radius 2 is 2.08 bits per heavy atom. The van der Waals surface area contributed by atoms with Crippen molar-refractivity contribution in [3.05, 3.63) is 0 Å². The van der Waals surface area contributed by atoms with Crippen molar-refractivity contribution in [2.24, 2.45) is 5.92 Å². The zero-order valence-electron chi connectivity index (χ0n) is 7.83.